The predicted molar refractivity (Wildman–Crippen MR) is 75.0 cm³/mol. The molecule has 0 radical (unpaired) electrons. The van der Waals surface area contributed by atoms with Crippen LogP contribution in [0.2, 0.25) is 0 Å². The highest BCUT2D eigenvalue weighted by Gasteiger charge is 2.22. The second kappa shape index (κ2) is 5.09. The molecule has 0 aliphatic carbocycles. The van der Waals surface area contributed by atoms with Crippen LogP contribution in [0.5, 0.6) is 0 Å². The van der Waals surface area contributed by atoms with Crippen molar-refractivity contribution in [1.29, 1.82) is 0 Å². The number of non-ortho nitro benzene ring substituents is 1. The number of oxazole rings is 1. The average Bonchev–Trinajstić information content (AvgIpc) is 2.90. The largest absolute Gasteiger partial charge is 0.423 e. The number of piperidine rings is 1. The third kappa shape index (κ3) is 2.32. The minimum Gasteiger partial charge on any atom is -0.423 e. The maximum Gasteiger partial charge on any atom is 0.298 e. The Balaban J connectivity index is 1.89. The van der Waals surface area contributed by atoms with Gasteiger partial charge in [-0.05, 0) is 25.5 Å². The number of hydrogen-bond acceptors (Lipinski definition) is 6. The first kappa shape index (κ1) is 12.9. The Kier molecular flexibility index (Phi) is 3.27. The number of nitro benzene ring substituents is 1. The number of nitro groups is 1. The summed E-state index contributed by atoms with van der Waals surface area (Å²) in [5.41, 5.74) is 1.12. The van der Waals surface area contributed by atoms with Gasteiger partial charge in [0.2, 0.25) is 0 Å². The van der Waals surface area contributed by atoms with Crippen molar-refractivity contribution in [1.82, 2.24) is 10.3 Å². The molecule has 2 heterocycles. The van der Waals surface area contributed by atoms with Crippen LogP contribution < -0.4 is 10.2 Å². The maximum absolute atomic E-state index is 10.8. The van der Waals surface area contributed by atoms with Gasteiger partial charge < -0.3 is 14.6 Å². The molecule has 0 unspecified atom stereocenters. The Bertz CT molecular complexity index is 634. The van der Waals surface area contributed by atoms with Crippen LogP contribution in [0.1, 0.15) is 12.8 Å². The van der Waals surface area contributed by atoms with E-state index in [-0.39, 0.29) is 5.69 Å². The molecule has 20 heavy (non-hydrogen) atoms. The molecule has 1 aliphatic rings. The van der Waals surface area contributed by atoms with E-state index in [2.05, 4.69) is 10.3 Å². The lowest BCUT2D eigenvalue weighted by atomic mass is 10.1. The lowest BCUT2D eigenvalue weighted by Gasteiger charge is -2.30. The third-order valence-corrected chi connectivity index (χ3v) is 3.69. The van der Waals surface area contributed by atoms with E-state index in [1.165, 1.54) is 12.1 Å². The van der Waals surface area contributed by atoms with Crippen molar-refractivity contribution in [2.75, 3.05) is 25.0 Å². The van der Waals surface area contributed by atoms with Crippen LogP contribution in [0.15, 0.2) is 22.6 Å². The molecule has 1 aliphatic heterocycles. The van der Waals surface area contributed by atoms with Gasteiger partial charge in [0, 0.05) is 31.8 Å². The van der Waals surface area contributed by atoms with Crippen molar-refractivity contribution in [3.05, 3.63) is 28.3 Å². The van der Waals surface area contributed by atoms with Crippen LogP contribution in [0.4, 0.5) is 11.7 Å². The molecule has 0 spiro atoms. The molecular formula is C13H16N4O3. The fourth-order valence-electron chi connectivity index (χ4n) is 2.49. The van der Waals surface area contributed by atoms with Gasteiger partial charge in [-0.3, -0.25) is 10.1 Å². The normalized spacial score (nSPS) is 19.1. The smallest absolute Gasteiger partial charge is 0.298 e. The Hall–Kier alpha value is -2.15. The third-order valence-electron chi connectivity index (χ3n) is 3.69. The molecule has 3 rings (SSSR count). The molecule has 0 amide bonds. The van der Waals surface area contributed by atoms with Gasteiger partial charge in [0.05, 0.1) is 4.92 Å². The first-order valence-corrected chi connectivity index (χ1v) is 6.63. The highest BCUT2D eigenvalue weighted by Crippen LogP contribution is 2.26. The minimum atomic E-state index is -0.428. The molecule has 0 bridgehead atoms. The molecule has 1 aromatic heterocycles. The van der Waals surface area contributed by atoms with E-state index in [0.29, 0.717) is 23.2 Å². The second-order valence-corrected chi connectivity index (χ2v) is 5.02. The van der Waals surface area contributed by atoms with Crippen molar-refractivity contribution in [2.45, 2.75) is 18.9 Å². The maximum atomic E-state index is 10.8. The lowest BCUT2D eigenvalue weighted by Crippen LogP contribution is -2.44. The monoisotopic (exact) mass is 276 g/mol. The van der Waals surface area contributed by atoms with Gasteiger partial charge in [-0.25, -0.2) is 0 Å². The Morgan fingerprint density at radius 2 is 2.40 bits per heavy atom. The Labute approximate surface area is 115 Å². The van der Waals surface area contributed by atoms with Gasteiger partial charge in [-0.15, -0.1) is 0 Å². The first-order valence-electron chi connectivity index (χ1n) is 6.63. The molecule has 1 aromatic carbocycles. The zero-order chi connectivity index (χ0) is 14.1. The fraction of sp³-hybridized carbons (Fsp3) is 0.462. The van der Waals surface area contributed by atoms with E-state index in [4.69, 9.17) is 4.42 Å². The molecule has 7 heteroatoms. The van der Waals surface area contributed by atoms with Gasteiger partial charge in [0.15, 0.2) is 5.58 Å². The summed E-state index contributed by atoms with van der Waals surface area (Å²) in [7, 11) is 1.94. The number of aromatic nitrogens is 1. The SMILES string of the molecule is CN(c1nc2cc([N+](=O)[O-])ccc2o1)[C@H]1CCCNC1. The number of fused-ring (bicyclic) bond motifs is 1. The number of hydrogen-bond donors (Lipinski definition) is 1. The number of likely N-dealkylation sites (N-methyl/N-ethyl adjacent to an activating group) is 1. The first-order chi connectivity index (χ1) is 9.65. The number of nitrogens with one attached hydrogen (secondary N) is 1. The Morgan fingerprint density at radius 3 is 3.10 bits per heavy atom. The molecule has 1 atom stereocenters. The number of anilines is 1. The van der Waals surface area contributed by atoms with Gasteiger partial charge >= 0.3 is 0 Å². The van der Waals surface area contributed by atoms with Crippen molar-refractivity contribution in [3.8, 4) is 0 Å². The van der Waals surface area contributed by atoms with Crippen molar-refractivity contribution >= 4 is 22.8 Å². The van der Waals surface area contributed by atoms with E-state index < -0.39 is 4.92 Å². The fourth-order valence-corrected chi connectivity index (χ4v) is 2.49. The number of benzene rings is 1. The van der Waals surface area contributed by atoms with Crippen LogP contribution in [0, 0.1) is 10.1 Å². The summed E-state index contributed by atoms with van der Waals surface area (Å²) in [5.74, 6) is 0. The highest BCUT2D eigenvalue weighted by molar-refractivity contribution is 5.77. The summed E-state index contributed by atoms with van der Waals surface area (Å²) in [4.78, 5) is 16.7. The Morgan fingerprint density at radius 1 is 1.55 bits per heavy atom. The van der Waals surface area contributed by atoms with Gasteiger partial charge in [0.25, 0.3) is 11.7 Å². The van der Waals surface area contributed by atoms with E-state index in [9.17, 15) is 10.1 Å². The van der Waals surface area contributed by atoms with E-state index in [0.717, 1.165) is 25.9 Å². The van der Waals surface area contributed by atoms with E-state index >= 15 is 0 Å². The lowest BCUT2D eigenvalue weighted by molar-refractivity contribution is -0.384. The van der Waals surface area contributed by atoms with Crippen molar-refractivity contribution in [3.63, 3.8) is 0 Å². The van der Waals surface area contributed by atoms with Gasteiger partial charge in [-0.2, -0.15) is 4.98 Å². The molecule has 0 saturated carbocycles. The molecule has 2 aromatic rings. The summed E-state index contributed by atoms with van der Waals surface area (Å²) in [5, 5.41) is 14.1. The van der Waals surface area contributed by atoms with Crippen molar-refractivity contribution < 1.29 is 9.34 Å². The molecule has 106 valence electrons. The summed E-state index contributed by atoms with van der Waals surface area (Å²) in [6, 6.07) is 5.31. The van der Waals surface area contributed by atoms with E-state index in [1.807, 2.05) is 11.9 Å². The topological polar surface area (TPSA) is 84.4 Å². The summed E-state index contributed by atoms with van der Waals surface area (Å²) in [6.07, 6.45) is 2.21. The standard InChI is InChI=1S/C13H16N4O3/c1-16(10-3-2-6-14-8-10)13-15-11-7-9(17(18)19)4-5-12(11)20-13/h4-5,7,10,14H,2-3,6,8H2,1H3/t10-/m0/s1. The van der Waals surface area contributed by atoms with Crippen LogP contribution in [-0.2, 0) is 0 Å². The number of nitrogens with zero attached hydrogens (tertiary/aromatic N) is 3. The second-order valence-electron chi connectivity index (χ2n) is 5.02. The van der Waals surface area contributed by atoms with Gasteiger partial charge in [0.1, 0.15) is 5.52 Å². The molecular weight excluding hydrogens is 260 g/mol. The zero-order valence-corrected chi connectivity index (χ0v) is 11.2. The molecule has 1 saturated heterocycles. The van der Waals surface area contributed by atoms with Crippen LogP contribution in [0.3, 0.4) is 0 Å². The summed E-state index contributed by atoms with van der Waals surface area (Å²) >= 11 is 0. The van der Waals surface area contributed by atoms with Crippen LogP contribution in [-0.4, -0.2) is 36.1 Å². The molecule has 7 nitrogen and oxygen atoms in total. The molecule has 1 fully saturated rings. The quantitative estimate of drug-likeness (QED) is 0.681. The zero-order valence-electron chi connectivity index (χ0n) is 11.2. The minimum absolute atomic E-state index is 0.0272. The number of rotatable bonds is 3. The predicted octanol–water partition coefficient (Wildman–Crippen LogP) is 1.92. The summed E-state index contributed by atoms with van der Waals surface area (Å²) < 4.78 is 5.68. The van der Waals surface area contributed by atoms with Crippen molar-refractivity contribution in [2.24, 2.45) is 0 Å². The molecule has 1 N–H and O–H groups in total. The van der Waals surface area contributed by atoms with Crippen LogP contribution in [0.25, 0.3) is 11.1 Å². The van der Waals surface area contributed by atoms with Crippen LogP contribution >= 0.6 is 0 Å². The summed E-state index contributed by atoms with van der Waals surface area (Å²) in [6.45, 7) is 1.94. The van der Waals surface area contributed by atoms with Gasteiger partial charge in [-0.1, -0.05) is 0 Å². The highest BCUT2D eigenvalue weighted by atomic mass is 16.6. The average molecular weight is 276 g/mol. The van der Waals surface area contributed by atoms with E-state index in [1.54, 1.807) is 6.07 Å².